The van der Waals surface area contributed by atoms with E-state index in [1.807, 2.05) is 0 Å². The second-order valence-electron chi connectivity index (χ2n) is 4.62. The highest BCUT2D eigenvalue weighted by Crippen LogP contribution is 2.40. The summed E-state index contributed by atoms with van der Waals surface area (Å²) in [6.07, 6.45) is 6.87. The highest BCUT2D eigenvalue weighted by molar-refractivity contribution is 5.03. The first kappa shape index (κ1) is 7.34. The van der Waals surface area contributed by atoms with Crippen LogP contribution in [-0.2, 0) is 4.74 Å². The Bertz CT molecular complexity index is 174. The third-order valence-electron chi connectivity index (χ3n) is 3.48. The number of hydrogen-bond acceptors (Lipinski definition) is 2. The van der Waals surface area contributed by atoms with Crippen molar-refractivity contribution in [2.45, 2.75) is 43.7 Å². The first-order chi connectivity index (χ1) is 5.88. The monoisotopic (exact) mass is 167 g/mol. The normalized spacial score (nSPS) is 35.0. The summed E-state index contributed by atoms with van der Waals surface area (Å²) in [4.78, 5) is 2.60. The molecular formula is C10H17NO. The molecule has 0 aromatic rings. The van der Waals surface area contributed by atoms with E-state index in [1.54, 1.807) is 0 Å². The third kappa shape index (κ3) is 1.09. The van der Waals surface area contributed by atoms with E-state index in [9.17, 15) is 0 Å². The largest absolute Gasteiger partial charge is 0.372 e. The van der Waals surface area contributed by atoms with E-state index in [-0.39, 0.29) is 0 Å². The van der Waals surface area contributed by atoms with Crippen molar-refractivity contribution in [3.05, 3.63) is 0 Å². The quantitative estimate of drug-likeness (QED) is 0.585. The van der Waals surface area contributed by atoms with Gasteiger partial charge in [0.1, 0.15) is 0 Å². The highest BCUT2D eigenvalue weighted by atomic mass is 16.5. The van der Waals surface area contributed by atoms with Crippen molar-refractivity contribution in [1.82, 2.24) is 4.90 Å². The summed E-state index contributed by atoms with van der Waals surface area (Å²) in [5.41, 5.74) is 0.320. The minimum Gasteiger partial charge on any atom is -0.372 e. The summed E-state index contributed by atoms with van der Waals surface area (Å²) in [6, 6.07) is 0.946. The van der Waals surface area contributed by atoms with Crippen molar-refractivity contribution in [1.29, 1.82) is 0 Å². The maximum atomic E-state index is 5.87. The molecule has 2 saturated heterocycles. The van der Waals surface area contributed by atoms with Gasteiger partial charge >= 0.3 is 0 Å². The second kappa shape index (κ2) is 2.46. The van der Waals surface area contributed by atoms with E-state index in [0.717, 1.165) is 12.6 Å². The zero-order valence-corrected chi connectivity index (χ0v) is 7.59. The molecule has 2 aliphatic heterocycles. The maximum absolute atomic E-state index is 5.87. The van der Waals surface area contributed by atoms with Crippen LogP contribution < -0.4 is 0 Å². The van der Waals surface area contributed by atoms with Crippen molar-refractivity contribution in [3.8, 4) is 0 Å². The van der Waals surface area contributed by atoms with Gasteiger partial charge < -0.3 is 4.74 Å². The molecule has 1 saturated carbocycles. The number of hydrogen-bond donors (Lipinski definition) is 0. The molecule has 12 heavy (non-hydrogen) atoms. The van der Waals surface area contributed by atoms with Crippen LogP contribution in [0, 0.1) is 0 Å². The standard InChI is InChI=1S/C10H17NO/c1-2-6-12-10(5-1)7-11(8-10)9-3-4-9/h9H,1-8H2. The van der Waals surface area contributed by atoms with E-state index in [0.29, 0.717) is 5.60 Å². The molecule has 2 nitrogen and oxygen atoms in total. The molecule has 1 aliphatic carbocycles. The second-order valence-corrected chi connectivity index (χ2v) is 4.62. The van der Waals surface area contributed by atoms with Gasteiger partial charge in [0.2, 0.25) is 0 Å². The molecule has 0 aromatic heterocycles. The molecular weight excluding hydrogens is 150 g/mol. The summed E-state index contributed by atoms with van der Waals surface area (Å²) in [7, 11) is 0. The first-order valence-corrected chi connectivity index (χ1v) is 5.26. The van der Waals surface area contributed by atoms with Gasteiger partial charge in [0, 0.05) is 25.7 Å². The summed E-state index contributed by atoms with van der Waals surface area (Å²) in [5.74, 6) is 0. The molecule has 3 fully saturated rings. The van der Waals surface area contributed by atoms with Crippen molar-refractivity contribution in [2.75, 3.05) is 19.7 Å². The van der Waals surface area contributed by atoms with Gasteiger partial charge in [-0.3, -0.25) is 4.90 Å². The summed E-state index contributed by atoms with van der Waals surface area (Å²) >= 11 is 0. The predicted molar refractivity (Wildman–Crippen MR) is 47.1 cm³/mol. The van der Waals surface area contributed by atoms with E-state index in [2.05, 4.69) is 4.90 Å². The highest BCUT2D eigenvalue weighted by Gasteiger charge is 2.49. The fourth-order valence-electron chi connectivity index (χ4n) is 2.55. The average molecular weight is 167 g/mol. The molecule has 2 heteroatoms. The molecule has 0 bridgehead atoms. The van der Waals surface area contributed by atoms with Crippen molar-refractivity contribution in [2.24, 2.45) is 0 Å². The summed E-state index contributed by atoms with van der Waals surface area (Å²) in [5, 5.41) is 0. The minimum atomic E-state index is 0.320. The van der Waals surface area contributed by atoms with Crippen LogP contribution in [0.1, 0.15) is 32.1 Å². The molecule has 0 aromatic carbocycles. The Balaban J connectivity index is 1.57. The van der Waals surface area contributed by atoms with Gasteiger partial charge in [-0.2, -0.15) is 0 Å². The Morgan fingerprint density at radius 2 is 2.00 bits per heavy atom. The number of nitrogens with zero attached hydrogens (tertiary/aromatic N) is 1. The molecule has 0 amide bonds. The third-order valence-corrected chi connectivity index (χ3v) is 3.48. The molecule has 3 aliphatic rings. The van der Waals surface area contributed by atoms with Gasteiger partial charge in [0.25, 0.3) is 0 Å². The van der Waals surface area contributed by atoms with Crippen LogP contribution >= 0.6 is 0 Å². The zero-order valence-electron chi connectivity index (χ0n) is 7.59. The van der Waals surface area contributed by atoms with Crippen LogP contribution in [0.3, 0.4) is 0 Å². The minimum absolute atomic E-state index is 0.320. The van der Waals surface area contributed by atoms with E-state index in [1.165, 1.54) is 45.2 Å². The maximum Gasteiger partial charge on any atom is 0.0935 e. The van der Waals surface area contributed by atoms with Gasteiger partial charge in [0.15, 0.2) is 0 Å². The topological polar surface area (TPSA) is 12.5 Å². The van der Waals surface area contributed by atoms with Gasteiger partial charge in [-0.1, -0.05) is 0 Å². The van der Waals surface area contributed by atoms with Crippen molar-refractivity contribution in [3.63, 3.8) is 0 Å². The number of rotatable bonds is 1. The first-order valence-electron chi connectivity index (χ1n) is 5.26. The SMILES string of the molecule is C1CCC2(CN(C3CC3)C2)OC1. The van der Waals surface area contributed by atoms with Gasteiger partial charge in [-0.15, -0.1) is 0 Å². The number of likely N-dealkylation sites (tertiary alicyclic amines) is 1. The Morgan fingerprint density at radius 1 is 1.17 bits per heavy atom. The van der Waals surface area contributed by atoms with Crippen LogP contribution in [0.15, 0.2) is 0 Å². The van der Waals surface area contributed by atoms with E-state index < -0.39 is 0 Å². The molecule has 0 radical (unpaired) electrons. The van der Waals surface area contributed by atoms with Crippen LogP contribution in [0.25, 0.3) is 0 Å². The molecule has 0 N–H and O–H groups in total. The summed E-state index contributed by atoms with van der Waals surface area (Å²) in [6.45, 7) is 3.48. The van der Waals surface area contributed by atoms with E-state index >= 15 is 0 Å². The van der Waals surface area contributed by atoms with Crippen LogP contribution in [0.4, 0.5) is 0 Å². The lowest BCUT2D eigenvalue weighted by atomic mass is 9.86. The molecule has 2 heterocycles. The molecule has 0 unspecified atom stereocenters. The zero-order chi connectivity index (χ0) is 8.02. The Hall–Kier alpha value is -0.0800. The fraction of sp³-hybridized carbons (Fsp3) is 1.00. The Kier molecular flexibility index (Phi) is 1.50. The lowest BCUT2D eigenvalue weighted by molar-refractivity contribution is -0.168. The lowest BCUT2D eigenvalue weighted by Gasteiger charge is -2.52. The number of ether oxygens (including phenoxy) is 1. The molecule has 3 rings (SSSR count). The Labute approximate surface area is 73.9 Å². The molecule has 68 valence electrons. The predicted octanol–water partition coefficient (Wildman–Crippen LogP) is 1.40. The van der Waals surface area contributed by atoms with Gasteiger partial charge in [-0.25, -0.2) is 0 Å². The van der Waals surface area contributed by atoms with Crippen molar-refractivity contribution >= 4 is 0 Å². The summed E-state index contributed by atoms with van der Waals surface area (Å²) < 4.78 is 5.87. The Morgan fingerprint density at radius 3 is 2.58 bits per heavy atom. The van der Waals surface area contributed by atoms with Gasteiger partial charge in [0.05, 0.1) is 5.60 Å². The van der Waals surface area contributed by atoms with Crippen LogP contribution in [0.2, 0.25) is 0 Å². The lowest BCUT2D eigenvalue weighted by Crippen LogP contribution is -2.64. The van der Waals surface area contributed by atoms with E-state index in [4.69, 9.17) is 4.74 Å². The molecule has 0 atom stereocenters. The smallest absolute Gasteiger partial charge is 0.0935 e. The fourth-order valence-corrected chi connectivity index (χ4v) is 2.55. The van der Waals surface area contributed by atoms with Gasteiger partial charge in [-0.05, 0) is 32.1 Å². The van der Waals surface area contributed by atoms with Crippen molar-refractivity contribution < 1.29 is 4.74 Å². The molecule has 1 spiro atoms. The average Bonchev–Trinajstić information content (AvgIpc) is 2.84. The van der Waals surface area contributed by atoms with Crippen LogP contribution in [-0.4, -0.2) is 36.2 Å². The van der Waals surface area contributed by atoms with Crippen LogP contribution in [0.5, 0.6) is 0 Å².